The molecule has 0 spiro atoms. The van der Waals surface area contributed by atoms with Gasteiger partial charge >= 0.3 is 70.2 Å². The van der Waals surface area contributed by atoms with E-state index in [1.165, 1.54) is 0 Å². The van der Waals surface area contributed by atoms with Crippen molar-refractivity contribution in [2.75, 3.05) is 6.61 Å². The van der Waals surface area contributed by atoms with E-state index in [1.54, 1.807) is 0 Å². The molecule has 0 aliphatic carbocycles. The van der Waals surface area contributed by atoms with Gasteiger partial charge < -0.3 is 4.18 Å². The van der Waals surface area contributed by atoms with Crippen LogP contribution in [-0.4, -0.2) is 76.8 Å². The van der Waals surface area contributed by atoms with Gasteiger partial charge in [0.05, 0.1) is 16.1 Å². The third-order valence-electron chi connectivity index (χ3n) is 4.75. The Morgan fingerprint density at radius 2 is 0.558 bits per heavy atom. The quantitative estimate of drug-likeness (QED) is 0.181. The molecule has 0 fully saturated rings. The first-order valence-corrected chi connectivity index (χ1v) is 11.5. The van der Waals surface area contributed by atoms with Crippen LogP contribution in [-0.2, 0) is 4.18 Å². The molecule has 43 heavy (non-hydrogen) atoms. The highest BCUT2D eigenvalue weighted by atomic mass is 35.7. The van der Waals surface area contributed by atoms with Crippen LogP contribution in [0.4, 0.5) is 114 Å². The number of hydrogen-bond acceptors (Lipinski definition) is 1. The summed E-state index contributed by atoms with van der Waals surface area (Å²) in [6.07, 6.45) is -16.2. The second-order valence-corrected chi connectivity index (χ2v) is 11.1. The molecule has 0 saturated carbocycles. The summed E-state index contributed by atoms with van der Waals surface area (Å²) in [6, 6.07) is 0. The van der Waals surface area contributed by atoms with Gasteiger partial charge in [0.2, 0.25) is 0 Å². The minimum atomic E-state index is -9.16. The van der Waals surface area contributed by atoms with Crippen LogP contribution in [0.2, 0.25) is 0 Å². The molecule has 0 saturated heterocycles. The highest BCUT2D eigenvalue weighted by Crippen LogP contribution is 2.83. The van der Waals surface area contributed by atoms with Gasteiger partial charge in [-0.05, 0) is 17.6 Å². The van der Waals surface area contributed by atoms with Crippen molar-refractivity contribution in [3.63, 3.8) is 0 Å². The molecule has 262 valence electrons. The molecule has 0 aliphatic rings. The lowest BCUT2D eigenvalue weighted by atomic mass is 9.98. The van der Waals surface area contributed by atoms with Crippen LogP contribution in [0.5, 0.6) is 0 Å². The molecule has 0 rings (SSSR count). The lowest BCUT2D eigenvalue weighted by Gasteiger charge is -2.51. The number of alkyl halides is 26. The summed E-state index contributed by atoms with van der Waals surface area (Å²) in [5.41, 5.74) is 0. The SMILES string of the molecule is CCOS(Cl)(C(F)(F)C(F)(F)C(F)(F)C(F)(F)C(F)(F)C(F)(F)F)C(F)(F)C(F)(F)C(F)(F)C(F)(F)C(F)(F)C(F)(F)F. The Labute approximate surface area is 223 Å². The summed E-state index contributed by atoms with van der Waals surface area (Å²) in [7, 11) is -5.15. The fraction of sp³-hybridized carbons (Fsp3) is 1.00. The van der Waals surface area contributed by atoms with Crippen molar-refractivity contribution in [3.05, 3.63) is 0 Å². The Balaban J connectivity index is 7.74. The minimum absolute atomic E-state index is 0.234. The molecule has 29 heteroatoms. The van der Waals surface area contributed by atoms with Crippen molar-refractivity contribution < 1.29 is 118 Å². The van der Waals surface area contributed by atoms with Crippen molar-refractivity contribution in [1.82, 2.24) is 0 Å². The topological polar surface area (TPSA) is 9.23 Å². The summed E-state index contributed by atoms with van der Waals surface area (Å²) < 4.78 is 349. The second-order valence-electron chi connectivity index (χ2n) is 7.52. The molecule has 0 heterocycles. The Hall–Kier alpha value is -1.22. The highest BCUT2D eigenvalue weighted by Gasteiger charge is 2.98. The van der Waals surface area contributed by atoms with E-state index in [-0.39, 0.29) is 6.92 Å². The molecule has 0 aliphatic heterocycles. The average molecular weight is 751 g/mol. The van der Waals surface area contributed by atoms with Gasteiger partial charge in [-0.3, -0.25) is 0 Å². The molecular formula is C14H5ClF26OS. The van der Waals surface area contributed by atoms with Crippen molar-refractivity contribution in [2.24, 2.45) is 0 Å². The van der Waals surface area contributed by atoms with Gasteiger partial charge in [-0.15, -0.1) is 0 Å². The summed E-state index contributed by atoms with van der Waals surface area (Å²) in [6.45, 7) is -2.78. The standard InChI is InChI=1S/C14H5ClF26OS/c1-2-42-43(15,13(38,39)9(28,29)5(20,21)3(16,17)7(24,25)11(32,33)34)14(40,41)10(30,31)6(22,23)4(18,19)8(26,27)12(35,36)37/h2H2,1H3. The summed E-state index contributed by atoms with van der Waals surface area (Å²) in [5.74, 6) is -71.7. The predicted molar refractivity (Wildman–Crippen MR) is 86.7 cm³/mol. The number of rotatable bonds is 12. The summed E-state index contributed by atoms with van der Waals surface area (Å²) in [4.78, 5) is 0. The third kappa shape index (κ3) is 5.00. The van der Waals surface area contributed by atoms with E-state index < -0.39 is 86.4 Å². The Morgan fingerprint density at radius 3 is 0.721 bits per heavy atom. The van der Waals surface area contributed by atoms with Crippen molar-refractivity contribution >= 4 is 20.2 Å². The molecule has 0 radical (unpaired) electrons. The third-order valence-corrected chi connectivity index (χ3v) is 8.57. The van der Waals surface area contributed by atoms with Gasteiger partial charge in [-0.2, -0.15) is 114 Å². The van der Waals surface area contributed by atoms with Crippen LogP contribution >= 0.6 is 20.2 Å². The van der Waals surface area contributed by atoms with E-state index in [4.69, 9.17) is 0 Å². The summed E-state index contributed by atoms with van der Waals surface area (Å²) in [5, 5.41) is -17.6. The molecule has 0 aromatic rings. The molecule has 0 aromatic carbocycles. The van der Waals surface area contributed by atoms with E-state index in [1.807, 2.05) is 0 Å². The largest absolute Gasteiger partial charge is 0.460 e. The predicted octanol–water partition coefficient (Wildman–Crippen LogP) is 10.3. The maximum absolute atomic E-state index is 14.4. The fourth-order valence-corrected chi connectivity index (χ4v) is 5.02. The van der Waals surface area contributed by atoms with Crippen molar-refractivity contribution in [3.8, 4) is 0 Å². The normalized spacial score (nSPS) is 17.4. The molecule has 0 unspecified atom stereocenters. The minimum Gasteiger partial charge on any atom is -0.313 e. The first kappa shape index (κ1) is 41.8. The van der Waals surface area contributed by atoms with Gasteiger partial charge in [-0.25, -0.2) is 0 Å². The lowest BCUT2D eigenvalue weighted by molar-refractivity contribution is -0.436. The molecular weight excluding hydrogens is 746 g/mol. The zero-order chi connectivity index (χ0) is 35.9. The van der Waals surface area contributed by atoms with Gasteiger partial charge in [-0.1, -0.05) is 0 Å². The van der Waals surface area contributed by atoms with Crippen LogP contribution < -0.4 is 0 Å². The van der Waals surface area contributed by atoms with E-state index in [0.29, 0.717) is 0 Å². The van der Waals surface area contributed by atoms with E-state index in [9.17, 15) is 114 Å². The molecule has 0 aromatic heterocycles. The lowest BCUT2D eigenvalue weighted by Crippen LogP contribution is -2.73. The van der Waals surface area contributed by atoms with E-state index >= 15 is 0 Å². The average Bonchev–Trinajstić information content (AvgIpc) is 2.76. The zero-order valence-corrected chi connectivity index (χ0v) is 20.3. The second kappa shape index (κ2) is 10.4. The highest BCUT2D eigenvalue weighted by molar-refractivity contribution is 8.49. The number of halogens is 27. The monoisotopic (exact) mass is 750 g/mol. The van der Waals surface area contributed by atoms with Crippen molar-refractivity contribution in [2.45, 2.75) is 77.2 Å². The molecule has 0 amide bonds. The summed E-state index contributed by atoms with van der Waals surface area (Å²) >= 11 is 0. The maximum Gasteiger partial charge on any atom is 0.460 e. The Bertz CT molecular complexity index is 934. The first-order chi connectivity index (χ1) is 18.1. The maximum atomic E-state index is 14.4. The zero-order valence-electron chi connectivity index (χ0n) is 18.7. The van der Waals surface area contributed by atoms with Gasteiger partial charge in [0.25, 0.3) is 0 Å². The van der Waals surface area contributed by atoms with Crippen LogP contribution in [0.25, 0.3) is 0 Å². The van der Waals surface area contributed by atoms with E-state index in [0.717, 1.165) is 0 Å². The Morgan fingerprint density at radius 1 is 0.372 bits per heavy atom. The van der Waals surface area contributed by atoms with Crippen LogP contribution in [0.1, 0.15) is 6.92 Å². The Kier molecular flexibility index (Phi) is 10.1. The van der Waals surface area contributed by atoms with Gasteiger partial charge in [0.15, 0.2) is 0 Å². The van der Waals surface area contributed by atoms with Crippen LogP contribution in [0, 0.1) is 0 Å². The molecule has 1 nitrogen and oxygen atoms in total. The fourth-order valence-electron chi connectivity index (χ4n) is 2.31. The van der Waals surface area contributed by atoms with Crippen molar-refractivity contribution in [1.29, 1.82) is 0 Å². The van der Waals surface area contributed by atoms with Crippen LogP contribution in [0.3, 0.4) is 0 Å². The van der Waals surface area contributed by atoms with Gasteiger partial charge in [0, 0.05) is 0 Å². The smallest absolute Gasteiger partial charge is 0.313 e. The van der Waals surface area contributed by atoms with Crippen LogP contribution in [0.15, 0.2) is 0 Å². The molecule has 0 atom stereocenters. The molecule has 0 N–H and O–H groups in total. The first-order valence-electron chi connectivity index (χ1n) is 9.14. The number of hydrogen-bond donors (Lipinski definition) is 0. The molecule has 0 bridgehead atoms. The van der Waals surface area contributed by atoms with E-state index in [2.05, 4.69) is 14.9 Å². The van der Waals surface area contributed by atoms with Gasteiger partial charge in [0.1, 0.15) is 0 Å².